The summed E-state index contributed by atoms with van der Waals surface area (Å²) in [5.74, 6) is -1.27. The van der Waals surface area contributed by atoms with Crippen LogP contribution in [0.15, 0.2) is 48.8 Å². The zero-order chi connectivity index (χ0) is 31.3. The van der Waals surface area contributed by atoms with Crippen molar-refractivity contribution >= 4 is 42.0 Å². The Morgan fingerprint density at radius 1 is 1.23 bits per heavy atom. The summed E-state index contributed by atoms with van der Waals surface area (Å²) in [5.41, 5.74) is 0.812. The summed E-state index contributed by atoms with van der Waals surface area (Å²) in [4.78, 5) is 41.2. The monoisotopic (exact) mass is 631 g/mol. The minimum Gasteiger partial charge on any atom is -0.475 e. The number of anilines is 3. The highest BCUT2D eigenvalue weighted by Gasteiger charge is 2.31. The molecule has 234 valence electrons. The lowest BCUT2D eigenvalue weighted by molar-refractivity contribution is -0.115. The molecule has 44 heavy (non-hydrogen) atoms. The molecule has 4 aromatic rings. The lowest BCUT2D eigenvalue weighted by Gasteiger charge is -2.32. The van der Waals surface area contributed by atoms with E-state index in [0.29, 0.717) is 46.8 Å². The highest BCUT2D eigenvalue weighted by molar-refractivity contribution is 7.46. The second kappa shape index (κ2) is 13.7. The number of amides is 1. The molecule has 5 N–H and O–H groups in total. The van der Waals surface area contributed by atoms with E-state index in [9.17, 15) is 18.1 Å². The fraction of sp³-hybridized carbons (Fsp3) is 0.357. The van der Waals surface area contributed by atoms with Crippen LogP contribution >= 0.6 is 7.82 Å². The second-order valence-electron chi connectivity index (χ2n) is 10.3. The van der Waals surface area contributed by atoms with Gasteiger partial charge >= 0.3 is 7.82 Å². The molecule has 1 amide bonds. The summed E-state index contributed by atoms with van der Waals surface area (Å²) >= 11 is 0. The maximum Gasteiger partial charge on any atom is 0.469 e. The van der Waals surface area contributed by atoms with Gasteiger partial charge in [-0.15, -0.1) is 0 Å². The largest absolute Gasteiger partial charge is 0.475 e. The summed E-state index contributed by atoms with van der Waals surface area (Å²) < 4.78 is 49.3. The number of likely N-dealkylation sites (tertiary alicyclic amines) is 1. The molecule has 2 atom stereocenters. The predicted molar refractivity (Wildman–Crippen MR) is 157 cm³/mol. The zero-order valence-corrected chi connectivity index (χ0v) is 24.6. The maximum atomic E-state index is 13.9. The number of fused-ring (bicyclic) bond motifs is 1. The molecule has 16 heteroatoms. The Morgan fingerprint density at radius 2 is 2.07 bits per heavy atom. The molecule has 1 saturated heterocycles. The molecule has 1 fully saturated rings. The number of nitrogens with zero attached hydrogens (tertiary/aromatic N) is 4. The van der Waals surface area contributed by atoms with E-state index < -0.39 is 25.4 Å². The number of halogens is 2. The normalized spacial score (nSPS) is 16.2. The molecule has 0 aliphatic carbocycles. The van der Waals surface area contributed by atoms with Crippen molar-refractivity contribution in [2.24, 2.45) is 0 Å². The Balaban J connectivity index is 1.22. The Labute approximate surface area is 251 Å². The van der Waals surface area contributed by atoms with Gasteiger partial charge in [0.05, 0.1) is 24.2 Å². The molecule has 5 rings (SSSR count). The van der Waals surface area contributed by atoms with Crippen LogP contribution in [0.2, 0.25) is 0 Å². The molecule has 2 aromatic carbocycles. The number of carbonyl (C=O) groups is 1. The third-order valence-electron chi connectivity index (χ3n) is 7.19. The van der Waals surface area contributed by atoms with Crippen molar-refractivity contribution < 1.29 is 37.2 Å². The van der Waals surface area contributed by atoms with Crippen LogP contribution in [0.4, 0.5) is 26.1 Å². The van der Waals surface area contributed by atoms with E-state index in [2.05, 4.69) is 40.2 Å². The number of benzene rings is 2. The van der Waals surface area contributed by atoms with Crippen molar-refractivity contribution in [3.63, 3.8) is 0 Å². The number of aromatic nitrogens is 4. The van der Waals surface area contributed by atoms with Crippen molar-refractivity contribution in [3.8, 4) is 5.75 Å². The van der Waals surface area contributed by atoms with Gasteiger partial charge in [0.1, 0.15) is 17.9 Å². The number of aromatic amines is 1. The molecule has 0 saturated carbocycles. The predicted octanol–water partition coefficient (Wildman–Crippen LogP) is 4.63. The van der Waals surface area contributed by atoms with Crippen LogP contribution in [0.3, 0.4) is 0 Å². The standard InChI is InChI=1S/C28H32F2N7O6P/c1-2-26(37-11-4-5-18(37)10-12-42-44(39,40)41)43-19-8-9-20-23(15-19)31-16-32-28(20)34-24-13-17(35-36-24)14-25(38)33-22-7-3-6-21(29)27(22)30/h3,6-9,13,15-16,18,26H,2,4-5,10-12,14H2,1H3,(H,33,38)(H2,39,40,41)(H2,31,32,34,35,36)/t18-,26?/m0/s1. The number of ether oxygens (including phenoxy) is 1. The van der Waals surface area contributed by atoms with Gasteiger partial charge in [-0.05, 0) is 49.9 Å². The van der Waals surface area contributed by atoms with Gasteiger partial charge in [-0.1, -0.05) is 13.0 Å². The molecule has 1 unspecified atom stereocenters. The third kappa shape index (κ3) is 7.92. The SMILES string of the molecule is CCC(Oc1ccc2c(Nc3cc(CC(=O)Nc4cccc(F)c4F)[nH]n3)ncnc2c1)N1CCC[C@H]1CCOP(=O)(O)O. The van der Waals surface area contributed by atoms with E-state index in [1.165, 1.54) is 18.5 Å². The van der Waals surface area contributed by atoms with E-state index in [-0.39, 0.29) is 31.0 Å². The topological polar surface area (TPSA) is 175 Å². The van der Waals surface area contributed by atoms with Gasteiger partial charge in [-0.3, -0.25) is 19.3 Å². The number of hydrogen-bond acceptors (Lipinski definition) is 9. The number of phosphoric acid groups is 1. The number of hydrogen-bond donors (Lipinski definition) is 5. The fourth-order valence-corrected chi connectivity index (χ4v) is 5.56. The van der Waals surface area contributed by atoms with Crippen molar-refractivity contribution in [1.82, 2.24) is 25.1 Å². The maximum absolute atomic E-state index is 13.9. The highest BCUT2D eigenvalue weighted by Crippen LogP contribution is 2.37. The summed E-state index contributed by atoms with van der Waals surface area (Å²) in [5, 5.41) is 13.1. The molecule has 13 nitrogen and oxygen atoms in total. The zero-order valence-electron chi connectivity index (χ0n) is 23.7. The van der Waals surface area contributed by atoms with Crippen LogP contribution in [0.25, 0.3) is 10.9 Å². The Kier molecular flexibility index (Phi) is 9.81. The quantitative estimate of drug-likeness (QED) is 0.130. The molecule has 0 spiro atoms. The molecule has 0 radical (unpaired) electrons. The van der Waals surface area contributed by atoms with Gasteiger partial charge in [0.2, 0.25) is 5.91 Å². The number of carbonyl (C=O) groups excluding carboxylic acids is 1. The average molecular weight is 632 g/mol. The van der Waals surface area contributed by atoms with E-state index in [4.69, 9.17) is 14.5 Å². The summed E-state index contributed by atoms with van der Waals surface area (Å²) in [6.07, 6.45) is 4.02. The van der Waals surface area contributed by atoms with Gasteiger partial charge in [-0.2, -0.15) is 5.10 Å². The van der Waals surface area contributed by atoms with Crippen molar-refractivity contribution in [1.29, 1.82) is 0 Å². The lowest BCUT2D eigenvalue weighted by atomic mass is 10.1. The summed E-state index contributed by atoms with van der Waals surface area (Å²) in [7, 11) is -4.51. The minimum absolute atomic E-state index is 0.0376. The van der Waals surface area contributed by atoms with Crippen LogP contribution in [0.1, 0.15) is 38.3 Å². The van der Waals surface area contributed by atoms with Gasteiger partial charge in [0, 0.05) is 35.8 Å². The number of rotatable bonds is 13. The van der Waals surface area contributed by atoms with E-state index >= 15 is 0 Å². The fourth-order valence-electron chi connectivity index (χ4n) is 5.21. The second-order valence-corrected chi connectivity index (χ2v) is 11.5. The van der Waals surface area contributed by atoms with Crippen molar-refractivity contribution in [2.45, 2.75) is 51.3 Å². The summed E-state index contributed by atoms with van der Waals surface area (Å²) in [6, 6.07) is 10.7. The van der Waals surface area contributed by atoms with Crippen LogP contribution in [-0.4, -0.2) is 66.2 Å². The van der Waals surface area contributed by atoms with Crippen LogP contribution in [0.5, 0.6) is 5.75 Å². The first-order valence-electron chi connectivity index (χ1n) is 14.0. The van der Waals surface area contributed by atoms with Crippen LogP contribution in [-0.2, 0) is 20.3 Å². The molecule has 0 bridgehead atoms. The molecule has 2 aromatic heterocycles. The van der Waals surface area contributed by atoms with Crippen molar-refractivity contribution in [2.75, 3.05) is 23.8 Å². The van der Waals surface area contributed by atoms with E-state index in [1.54, 1.807) is 12.1 Å². The first-order valence-corrected chi connectivity index (χ1v) is 15.5. The van der Waals surface area contributed by atoms with E-state index in [1.807, 2.05) is 19.1 Å². The number of nitrogens with one attached hydrogen (secondary N) is 3. The minimum atomic E-state index is -4.51. The molecular weight excluding hydrogens is 599 g/mol. The molecule has 1 aliphatic rings. The Bertz CT molecular complexity index is 1670. The smallest absolute Gasteiger partial charge is 0.469 e. The number of H-pyrrole nitrogens is 1. The molecular formula is C28H32F2N7O6P. The van der Waals surface area contributed by atoms with Gasteiger partial charge < -0.3 is 25.2 Å². The van der Waals surface area contributed by atoms with Crippen LogP contribution in [0, 0.1) is 11.6 Å². The average Bonchev–Trinajstić information content (AvgIpc) is 3.63. The lowest BCUT2D eigenvalue weighted by Crippen LogP contribution is -2.42. The van der Waals surface area contributed by atoms with Crippen molar-refractivity contribution in [3.05, 3.63) is 66.1 Å². The Hall–Kier alpha value is -4.01. The van der Waals surface area contributed by atoms with Crippen LogP contribution < -0.4 is 15.4 Å². The highest BCUT2D eigenvalue weighted by atomic mass is 31.2. The van der Waals surface area contributed by atoms with Gasteiger partial charge in [0.15, 0.2) is 23.7 Å². The molecule has 3 heterocycles. The number of phosphoric ester groups is 1. The third-order valence-corrected chi connectivity index (χ3v) is 7.71. The van der Waals surface area contributed by atoms with Gasteiger partial charge in [0.25, 0.3) is 0 Å². The summed E-state index contributed by atoms with van der Waals surface area (Å²) in [6.45, 7) is 2.78. The molecule has 1 aliphatic heterocycles. The van der Waals surface area contributed by atoms with E-state index in [0.717, 1.165) is 25.5 Å². The first kappa shape index (κ1) is 31.4. The first-order chi connectivity index (χ1) is 21.1. The Morgan fingerprint density at radius 3 is 2.86 bits per heavy atom. The van der Waals surface area contributed by atoms with Gasteiger partial charge in [-0.25, -0.2) is 23.3 Å².